The molecule has 2 saturated carbocycles. The van der Waals surface area contributed by atoms with Crippen LogP contribution in [0.2, 0.25) is 0 Å². The van der Waals surface area contributed by atoms with Gasteiger partial charge in [-0.05, 0) is 69.6 Å². The number of nitrogens with zero attached hydrogens (tertiary/aromatic N) is 4. The number of carbonyl (C=O) groups is 1. The maximum absolute atomic E-state index is 13.6. The molecule has 3 aliphatic rings. The molecular formula is C34H37N5O2+2. The summed E-state index contributed by atoms with van der Waals surface area (Å²) in [6, 6.07) is 19.2. The van der Waals surface area contributed by atoms with Gasteiger partial charge < -0.3 is 9.67 Å². The number of pyridine rings is 1. The molecule has 0 saturated heterocycles. The molecule has 1 aliphatic heterocycles. The maximum Gasteiger partial charge on any atom is 0.350 e. The molecule has 2 unspecified atom stereocenters. The van der Waals surface area contributed by atoms with Crippen molar-refractivity contribution in [2.24, 2.45) is 15.6 Å². The Bertz CT molecular complexity index is 1670. The second-order valence-electron chi connectivity index (χ2n) is 12.4. The third-order valence-electron chi connectivity index (χ3n) is 9.42. The highest BCUT2D eigenvalue weighted by molar-refractivity contribution is 5.88. The first kappa shape index (κ1) is 26.1. The summed E-state index contributed by atoms with van der Waals surface area (Å²) in [6.07, 6.45) is 8.06. The maximum atomic E-state index is 13.6. The SMILES string of the molecule is Cc1cc([C+]2N=Nc3ccc(C(=O)[NH2+]C4CCCC(CO)(Cn5c(C)c(C6CC6)c6ccccc65)C4)cc32)ccn1. The standard InChI is InChI=1S/C34H35N5O2/c1-21-16-24(13-15-35-21)32-28-17-25(11-12-29(28)37-38-32)33(41)36-26-6-5-14-34(18-26,20-40)19-39-22(2)31(23-9-10-23)27-7-3-4-8-30(27)39/h3-4,7-8,11-13,15-17,23,26,40H,5-6,9-10,14,18-20H2,1-2H3/p+2. The summed E-state index contributed by atoms with van der Waals surface area (Å²) < 4.78 is 2.45. The van der Waals surface area contributed by atoms with Crippen LogP contribution in [0.1, 0.15) is 82.9 Å². The first-order valence-electron chi connectivity index (χ1n) is 14.9. The van der Waals surface area contributed by atoms with Crippen LogP contribution < -0.4 is 5.32 Å². The molecule has 2 fully saturated rings. The Morgan fingerprint density at radius 1 is 1.12 bits per heavy atom. The van der Waals surface area contributed by atoms with Crippen LogP contribution in [0.3, 0.4) is 0 Å². The second kappa shape index (κ2) is 10.2. The highest BCUT2D eigenvalue weighted by Gasteiger charge is 2.41. The minimum atomic E-state index is -0.247. The molecule has 4 aromatic rings. The van der Waals surface area contributed by atoms with Crippen LogP contribution in [-0.4, -0.2) is 33.2 Å². The number of aromatic nitrogens is 2. The zero-order chi connectivity index (χ0) is 28.1. The molecule has 0 bridgehead atoms. The number of hydrogen-bond donors (Lipinski definition) is 2. The second-order valence-corrected chi connectivity index (χ2v) is 12.4. The van der Waals surface area contributed by atoms with E-state index in [1.807, 2.05) is 42.6 Å². The van der Waals surface area contributed by atoms with Gasteiger partial charge in [-0.15, -0.1) is 0 Å². The fraction of sp³-hybridized carbons (Fsp3) is 0.382. The van der Waals surface area contributed by atoms with Crippen LogP contribution in [0.25, 0.3) is 10.9 Å². The summed E-state index contributed by atoms with van der Waals surface area (Å²) in [5.41, 5.74) is 8.04. The molecule has 7 nitrogen and oxygen atoms in total. The smallest absolute Gasteiger partial charge is 0.350 e. The van der Waals surface area contributed by atoms with E-state index in [-0.39, 0.29) is 24.0 Å². The quantitative estimate of drug-likeness (QED) is 0.283. The number of para-hydroxylation sites is 1. The number of aliphatic hydroxyl groups excluding tert-OH is 1. The zero-order valence-electron chi connectivity index (χ0n) is 23.8. The van der Waals surface area contributed by atoms with Crippen molar-refractivity contribution in [2.45, 2.75) is 70.9 Å². The van der Waals surface area contributed by atoms with Crippen molar-refractivity contribution in [3.05, 3.63) is 100 Å². The number of aryl methyl sites for hydroxylation is 1. The summed E-state index contributed by atoms with van der Waals surface area (Å²) >= 11 is 0. The molecule has 7 rings (SSSR count). The van der Waals surface area contributed by atoms with Crippen molar-refractivity contribution in [3.63, 3.8) is 0 Å². The van der Waals surface area contributed by atoms with E-state index in [9.17, 15) is 9.90 Å². The van der Waals surface area contributed by atoms with Crippen molar-refractivity contribution in [1.29, 1.82) is 0 Å². The summed E-state index contributed by atoms with van der Waals surface area (Å²) in [7, 11) is 0. The molecule has 3 N–H and O–H groups in total. The predicted octanol–water partition coefficient (Wildman–Crippen LogP) is 5.88. The van der Waals surface area contributed by atoms with Gasteiger partial charge in [0.05, 0.1) is 24.5 Å². The first-order chi connectivity index (χ1) is 19.9. The lowest BCUT2D eigenvalue weighted by atomic mass is 9.72. The number of azo groups is 1. The van der Waals surface area contributed by atoms with Gasteiger partial charge in [-0.3, -0.25) is 5.32 Å². The van der Waals surface area contributed by atoms with E-state index < -0.39 is 0 Å². The molecule has 0 spiro atoms. The van der Waals surface area contributed by atoms with Crippen molar-refractivity contribution >= 4 is 22.5 Å². The Balaban J connectivity index is 1.10. The highest BCUT2D eigenvalue weighted by atomic mass is 16.3. The van der Waals surface area contributed by atoms with Gasteiger partial charge in [0.2, 0.25) is 0 Å². The van der Waals surface area contributed by atoms with Crippen LogP contribution in [0.5, 0.6) is 0 Å². The molecule has 2 atom stereocenters. The van der Waals surface area contributed by atoms with Crippen LogP contribution in [-0.2, 0) is 6.54 Å². The third-order valence-corrected chi connectivity index (χ3v) is 9.42. The number of quaternary nitrogens is 1. The van der Waals surface area contributed by atoms with Crippen molar-refractivity contribution in [2.75, 3.05) is 6.61 Å². The number of fused-ring (bicyclic) bond motifs is 2. The average Bonchev–Trinajstić information content (AvgIpc) is 3.67. The van der Waals surface area contributed by atoms with E-state index >= 15 is 0 Å². The van der Waals surface area contributed by atoms with Crippen LogP contribution in [0, 0.1) is 25.3 Å². The Hall–Kier alpha value is -3.81. The van der Waals surface area contributed by atoms with Crippen molar-refractivity contribution in [1.82, 2.24) is 9.55 Å². The number of primary amides is 1. The van der Waals surface area contributed by atoms with E-state index in [1.54, 1.807) is 6.20 Å². The Morgan fingerprint density at radius 2 is 1.98 bits per heavy atom. The van der Waals surface area contributed by atoms with Gasteiger partial charge in [-0.2, -0.15) is 0 Å². The van der Waals surface area contributed by atoms with E-state index in [0.717, 1.165) is 60.8 Å². The average molecular weight is 548 g/mol. The van der Waals surface area contributed by atoms with Gasteiger partial charge in [-0.25, -0.2) is 9.78 Å². The highest BCUT2D eigenvalue weighted by Crippen LogP contribution is 2.47. The Morgan fingerprint density at radius 3 is 2.78 bits per heavy atom. The number of hydrogen-bond acceptors (Lipinski definition) is 5. The molecule has 0 radical (unpaired) electrons. The molecule has 41 heavy (non-hydrogen) atoms. The van der Waals surface area contributed by atoms with E-state index in [0.29, 0.717) is 11.5 Å². The Labute approximate surface area is 240 Å². The lowest BCUT2D eigenvalue weighted by Crippen LogP contribution is -2.94. The third kappa shape index (κ3) is 4.77. The molecule has 3 heterocycles. The summed E-state index contributed by atoms with van der Waals surface area (Å²) in [5.74, 6) is 0.701. The van der Waals surface area contributed by atoms with Gasteiger partial charge in [-0.1, -0.05) is 28.4 Å². The van der Waals surface area contributed by atoms with Crippen LogP contribution >= 0.6 is 0 Å². The largest absolute Gasteiger partial charge is 0.396 e. The number of carbonyl (C=O) groups excluding carboxylic acids is 1. The summed E-state index contributed by atoms with van der Waals surface area (Å²) in [6.45, 7) is 5.11. The van der Waals surface area contributed by atoms with E-state index in [2.05, 4.69) is 51.0 Å². The summed E-state index contributed by atoms with van der Waals surface area (Å²) in [5, 5.41) is 22.8. The fourth-order valence-electron chi connectivity index (χ4n) is 7.20. The summed E-state index contributed by atoms with van der Waals surface area (Å²) in [4.78, 5) is 17.9. The van der Waals surface area contributed by atoms with Gasteiger partial charge in [0.15, 0.2) is 11.7 Å². The van der Waals surface area contributed by atoms with E-state index in [4.69, 9.17) is 0 Å². The van der Waals surface area contributed by atoms with Crippen molar-refractivity contribution in [3.8, 4) is 0 Å². The topological polar surface area (TPSA) is 96.5 Å². The number of rotatable bonds is 7. The zero-order valence-corrected chi connectivity index (χ0v) is 23.8. The molecule has 1 amide bonds. The van der Waals surface area contributed by atoms with Gasteiger partial charge >= 0.3 is 5.91 Å². The van der Waals surface area contributed by atoms with Gasteiger partial charge in [0.25, 0.3) is 0 Å². The number of nitrogens with two attached hydrogens (primary N) is 1. The predicted molar refractivity (Wildman–Crippen MR) is 158 cm³/mol. The fourth-order valence-corrected chi connectivity index (χ4v) is 7.20. The minimum Gasteiger partial charge on any atom is -0.396 e. The van der Waals surface area contributed by atoms with Gasteiger partial charge in [0, 0.05) is 59.2 Å². The van der Waals surface area contributed by atoms with Crippen molar-refractivity contribution < 1.29 is 15.2 Å². The minimum absolute atomic E-state index is 0.0299. The molecule has 2 aliphatic carbocycles. The monoisotopic (exact) mass is 547 g/mol. The molecule has 2 aromatic heterocycles. The molecular weight excluding hydrogens is 510 g/mol. The van der Waals surface area contributed by atoms with Gasteiger partial charge in [0.1, 0.15) is 16.7 Å². The lowest BCUT2D eigenvalue weighted by Gasteiger charge is -2.39. The molecule has 208 valence electrons. The first-order valence-corrected chi connectivity index (χ1v) is 14.9. The molecule has 7 heteroatoms. The Kier molecular flexibility index (Phi) is 6.51. The van der Waals surface area contributed by atoms with Crippen LogP contribution in [0.4, 0.5) is 5.69 Å². The molecule has 2 aromatic carbocycles. The van der Waals surface area contributed by atoms with Crippen LogP contribution in [0.15, 0.2) is 71.0 Å². The van der Waals surface area contributed by atoms with E-state index in [1.165, 1.54) is 35.0 Å². The number of benzene rings is 2. The number of amides is 1. The lowest BCUT2D eigenvalue weighted by molar-refractivity contribution is -0.601. The normalized spacial score (nSPS) is 21.9. The number of aliphatic hydroxyl groups is 1.